The Morgan fingerprint density at radius 3 is 2.12 bits per heavy atom. The molecule has 0 spiro atoms. The number of hydrogen-bond acceptors (Lipinski definition) is 2. The number of benzene rings is 3. The second kappa shape index (κ2) is 7.60. The summed E-state index contributed by atoms with van der Waals surface area (Å²) >= 11 is 0. The quantitative estimate of drug-likeness (QED) is 0.629. The van der Waals surface area contributed by atoms with Crippen LogP contribution in [0.3, 0.4) is 0 Å². The fourth-order valence-corrected chi connectivity index (χ4v) is 2.65. The van der Waals surface area contributed by atoms with E-state index in [2.05, 4.69) is 0 Å². The zero-order chi connectivity index (χ0) is 16.8. The van der Waals surface area contributed by atoms with Crippen molar-refractivity contribution >= 4 is 5.78 Å². The van der Waals surface area contributed by atoms with E-state index in [9.17, 15) is 4.79 Å². The Bertz CT molecular complexity index is 808. The highest BCUT2D eigenvalue weighted by molar-refractivity contribution is 5.83. The van der Waals surface area contributed by atoms with Crippen molar-refractivity contribution in [1.29, 1.82) is 0 Å². The van der Waals surface area contributed by atoms with Gasteiger partial charge in [-0.25, -0.2) is 0 Å². The highest BCUT2D eigenvalue weighted by Crippen LogP contribution is 2.24. The van der Waals surface area contributed by atoms with Crippen LogP contribution in [0.25, 0.3) is 0 Å². The number of ether oxygens (including phenoxy) is 1. The highest BCUT2D eigenvalue weighted by atomic mass is 16.5. The van der Waals surface area contributed by atoms with Crippen LogP contribution in [0.2, 0.25) is 0 Å². The van der Waals surface area contributed by atoms with E-state index in [0.29, 0.717) is 12.8 Å². The number of carbonyl (C=O) groups is 1. The molecule has 0 saturated heterocycles. The van der Waals surface area contributed by atoms with Gasteiger partial charge in [-0.1, -0.05) is 54.6 Å². The molecule has 0 radical (unpaired) electrons. The second-order valence-corrected chi connectivity index (χ2v) is 5.88. The Morgan fingerprint density at radius 1 is 0.792 bits per heavy atom. The summed E-state index contributed by atoms with van der Waals surface area (Å²) < 4.78 is 5.83. The second-order valence-electron chi connectivity index (χ2n) is 5.88. The van der Waals surface area contributed by atoms with Gasteiger partial charge in [0.25, 0.3) is 0 Å². The lowest BCUT2D eigenvalue weighted by atomic mass is 9.99. The molecule has 2 nitrogen and oxygen atoms in total. The van der Waals surface area contributed by atoms with Gasteiger partial charge in [-0.05, 0) is 47.9 Å². The Balaban J connectivity index is 1.65. The molecule has 3 aromatic rings. The maximum atomic E-state index is 12.3. The van der Waals surface area contributed by atoms with Gasteiger partial charge >= 0.3 is 0 Å². The number of aryl methyl sites for hydroxylation is 1. The lowest BCUT2D eigenvalue weighted by Gasteiger charge is -2.10. The Labute approximate surface area is 142 Å². The minimum absolute atomic E-state index is 0.223. The first-order valence-corrected chi connectivity index (χ1v) is 8.09. The molecule has 0 N–H and O–H groups in total. The molecule has 0 atom stereocenters. The number of carbonyl (C=O) groups excluding carboxylic acids is 1. The van der Waals surface area contributed by atoms with E-state index < -0.39 is 0 Å². The topological polar surface area (TPSA) is 26.3 Å². The predicted molar refractivity (Wildman–Crippen MR) is 96.6 cm³/mol. The Kier molecular flexibility index (Phi) is 5.07. The lowest BCUT2D eigenvalue weighted by molar-refractivity contribution is -0.117. The van der Waals surface area contributed by atoms with Crippen LogP contribution in [0, 0.1) is 6.92 Å². The smallest absolute Gasteiger partial charge is 0.141 e. The van der Waals surface area contributed by atoms with Gasteiger partial charge in [-0.2, -0.15) is 0 Å². The van der Waals surface area contributed by atoms with E-state index in [1.54, 1.807) is 0 Å². The van der Waals surface area contributed by atoms with Crippen molar-refractivity contribution in [1.82, 2.24) is 0 Å². The lowest BCUT2D eigenvalue weighted by Crippen LogP contribution is -2.07. The van der Waals surface area contributed by atoms with Gasteiger partial charge in [0.2, 0.25) is 0 Å². The number of rotatable bonds is 6. The van der Waals surface area contributed by atoms with Crippen LogP contribution in [0.1, 0.15) is 16.7 Å². The summed E-state index contributed by atoms with van der Waals surface area (Å²) in [6, 6.07) is 25.4. The van der Waals surface area contributed by atoms with Gasteiger partial charge in [-0.3, -0.25) is 4.79 Å². The van der Waals surface area contributed by atoms with E-state index in [0.717, 1.165) is 28.2 Å². The molecule has 2 heteroatoms. The van der Waals surface area contributed by atoms with E-state index in [1.807, 2.05) is 85.8 Å². The van der Waals surface area contributed by atoms with Crippen molar-refractivity contribution in [2.45, 2.75) is 19.8 Å². The fourth-order valence-electron chi connectivity index (χ4n) is 2.65. The van der Waals surface area contributed by atoms with Crippen molar-refractivity contribution in [3.05, 3.63) is 95.6 Å². The first-order valence-electron chi connectivity index (χ1n) is 8.09. The van der Waals surface area contributed by atoms with Crippen LogP contribution in [-0.4, -0.2) is 5.78 Å². The summed E-state index contributed by atoms with van der Waals surface area (Å²) in [4.78, 5) is 12.3. The molecule has 0 aliphatic carbocycles. The molecule has 0 fully saturated rings. The third-order valence-electron chi connectivity index (χ3n) is 3.92. The van der Waals surface area contributed by atoms with Crippen LogP contribution in [0.5, 0.6) is 11.5 Å². The molecule has 0 heterocycles. The molecule has 0 aromatic heterocycles. The first kappa shape index (κ1) is 16.0. The third-order valence-corrected chi connectivity index (χ3v) is 3.92. The fraction of sp³-hybridized carbons (Fsp3) is 0.136. The highest BCUT2D eigenvalue weighted by Gasteiger charge is 2.08. The van der Waals surface area contributed by atoms with Gasteiger partial charge in [0.1, 0.15) is 17.3 Å². The number of ketones is 1. The first-order chi connectivity index (χ1) is 11.7. The minimum Gasteiger partial charge on any atom is -0.457 e. The van der Waals surface area contributed by atoms with Gasteiger partial charge in [0, 0.05) is 12.8 Å². The number of para-hydroxylation sites is 1. The monoisotopic (exact) mass is 316 g/mol. The summed E-state index contributed by atoms with van der Waals surface area (Å²) in [5.74, 6) is 1.82. The van der Waals surface area contributed by atoms with Crippen molar-refractivity contribution < 1.29 is 9.53 Å². The number of Topliss-reactive ketones (excluding diaryl/α,β-unsaturated/α-hetero) is 1. The van der Waals surface area contributed by atoms with Crippen molar-refractivity contribution in [2.24, 2.45) is 0 Å². The molecule has 0 amide bonds. The summed E-state index contributed by atoms with van der Waals surface area (Å²) in [7, 11) is 0. The standard InChI is InChI=1S/C22H20O2/c1-17-14-22(24-21-10-6-3-7-11-21)13-12-19(17)16-20(23)15-18-8-4-2-5-9-18/h2-14H,15-16H2,1H3. The Morgan fingerprint density at radius 2 is 1.46 bits per heavy atom. The van der Waals surface area contributed by atoms with Crippen LogP contribution in [0.4, 0.5) is 0 Å². The predicted octanol–water partition coefficient (Wildman–Crippen LogP) is 5.14. The SMILES string of the molecule is Cc1cc(Oc2ccccc2)ccc1CC(=O)Cc1ccccc1. The van der Waals surface area contributed by atoms with Gasteiger partial charge in [0.15, 0.2) is 0 Å². The summed E-state index contributed by atoms with van der Waals surface area (Å²) in [5.41, 5.74) is 3.19. The van der Waals surface area contributed by atoms with Crippen molar-refractivity contribution in [3.8, 4) is 11.5 Å². The molecule has 0 aliphatic rings. The average molecular weight is 316 g/mol. The molecule has 24 heavy (non-hydrogen) atoms. The molecule has 0 aliphatic heterocycles. The maximum absolute atomic E-state index is 12.3. The third kappa shape index (κ3) is 4.32. The van der Waals surface area contributed by atoms with Crippen LogP contribution in [-0.2, 0) is 17.6 Å². The van der Waals surface area contributed by atoms with E-state index in [4.69, 9.17) is 4.74 Å². The van der Waals surface area contributed by atoms with E-state index in [-0.39, 0.29) is 5.78 Å². The van der Waals surface area contributed by atoms with Crippen LogP contribution < -0.4 is 4.74 Å². The van der Waals surface area contributed by atoms with Crippen LogP contribution in [0.15, 0.2) is 78.9 Å². The minimum atomic E-state index is 0.223. The summed E-state index contributed by atoms with van der Waals surface area (Å²) in [5, 5.41) is 0. The van der Waals surface area contributed by atoms with Crippen LogP contribution >= 0.6 is 0 Å². The van der Waals surface area contributed by atoms with E-state index in [1.165, 1.54) is 0 Å². The van der Waals surface area contributed by atoms with Crippen molar-refractivity contribution in [2.75, 3.05) is 0 Å². The summed E-state index contributed by atoms with van der Waals surface area (Å²) in [6.45, 7) is 2.02. The van der Waals surface area contributed by atoms with Gasteiger partial charge in [-0.15, -0.1) is 0 Å². The molecular weight excluding hydrogens is 296 g/mol. The molecule has 0 unspecified atom stereocenters. The maximum Gasteiger partial charge on any atom is 0.141 e. The Hall–Kier alpha value is -2.87. The van der Waals surface area contributed by atoms with Gasteiger partial charge in [0.05, 0.1) is 0 Å². The largest absolute Gasteiger partial charge is 0.457 e. The number of hydrogen-bond donors (Lipinski definition) is 0. The summed E-state index contributed by atoms with van der Waals surface area (Å²) in [6.07, 6.45) is 0.925. The zero-order valence-corrected chi connectivity index (χ0v) is 13.7. The molecule has 0 saturated carbocycles. The van der Waals surface area contributed by atoms with E-state index >= 15 is 0 Å². The molecule has 0 bridgehead atoms. The molecule has 120 valence electrons. The van der Waals surface area contributed by atoms with Gasteiger partial charge < -0.3 is 4.74 Å². The molecular formula is C22H20O2. The average Bonchev–Trinajstić information content (AvgIpc) is 2.59. The zero-order valence-electron chi connectivity index (χ0n) is 13.7. The normalized spacial score (nSPS) is 10.4. The van der Waals surface area contributed by atoms with Crippen molar-refractivity contribution in [3.63, 3.8) is 0 Å². The molecule has 3 aromatic carbocycles. The molecule has 3 rings (SSSR count).